The number of carbonyl (C=O) groups excluding carboxylic acids is 1. The van der Waals surface area contributed by atoms with E-state index in [1.165, 1.54) is 18.4 Å². The number of anilines is 1. The first-order chi connectivity index (χ1) is 9.52. The third kappa shape index (κ3) is 2.91. The van der Waals surface area contributed by atoms with Gasteiger partial charge in [-0.1, -0.05) is 6.07 Å². The second-order valence-electron chi connectivity index (χ2n) is 4.45. The molecule has 1 aromatic heterocycles. The zero-order valence-electron chi connectivity index (χ0n) is 11.6. The lowest BCUT2D eigenvalue weighted by Crippen LogP contribution is -2.27. The molecule has 0 spiro atoms. The third-order valence-corrected chi connectivity index (χ3v) is 4.01. The van der Waals surface area contributed by atoms with Crippen molar-refractivity contribution in [1.82, 2.24) is 10.3 Å². The fraction of sp³-hybridized carbons (Fsp3) is 0.286. The van der Waals surface area contributed by atoms with Crippen LogP contribution in [0.3, 0.4) is 0 Å². The van der Waals surface area contributed by atoms with Crippen LogP contribution in [0.5, 0.6) is 5.75 Å². The van der Waals surface area contributed by atoms with E-state index in [-0.39, 0.29) is 11.9 Å². The molecule has 0 aliphatic heterocycles. The lowest BCUT2D eigenvalue weighted by atomic mass is 10.1. The van der Waals surface area contributed by atoms with Crippen LogP contribution in [0.1, 0.15) is 34.0 Å². The van der Waals surface area contributed by atoms with Crippen molar-refractivity contribution in [2.24, 2.45) is 0 Å². The summed E-state index contributed by atoms with van der Waals surface area (Å²) >= 11 is 1.52. The van der Waals surface area contributed by atoms with Crippen molar-refractivity contribution in [3.05, 3.63) is 39.8 Å². The molecule has 20 heavy (non-hydrogen) atoms. The Morgan fingerprint density at radius 2 is 2.25 bits per heavy atom. The summed E-state index contributed by atoms with van der Waals surface area (Å²) in [7, 11) is 1.51. The molecule has 0 aliphatic carbocycles. The number of ether oxygens (including phenoxy) is 1. The minimum atomic E-state index is -0.264. The fourth-order valence-electron chi connectivity index (χ4n) is 1.86. The number of hydrogen-bond acceptors (Lipinski definition) is 5. The number of methoxy groups -OCH3 is 1. The minimum Gasteiger partial charge on any atom is -0.496 e. The van der Waals surface area contributed by atoms with E-state index >= 15 is 0 Å². The molecule has 106 valence electrons. The van der Waals surface area contributed by atoms with Gasteiger partial charge in [-0.05, 0) is 26.0 Å². The number of carbonyl (C=O) groups is 1. The second kappa shape index (κ2) is 5.92. The van der Waals surface area contributed by atoms with Gasteiger partial charge in [-0.2, -0.15) is 0 Å². The van der Waals surface area contributed by atoms with E-state index in [0.29, 0.717) is 17.0 Å². The molecule has 1 amide bonds. The predicted octanol–water partition coefficient (Wildman–Crippen LogP) is 2.53. The fourth-order valence-corrected chi connectivity index (χ4v) is 2.67. The lowest BCUT2D eigenvalue weighted by Gasteiger charge is -2.14. The van der Waals surface area contributed by atoms with Gasteiger partial charge < -0.3 is 15.8 Å². The summed E-state index contributed by atoms with van der Waals surface area (Å²) in [6.45, 7) is 3.81. The summed E-state index contributed by atoms with van der Waals surface area (Å²) in [5.41, 5.74) is 7.56. The van der Waals surface area contributed by atoms with Gasteiger partial charge in [0.25, 0.3) is 5.91 Å². The number of nitrogens with zero attached hydrogens (tertiary/aromatic N) is 1. The Balaban J connectivity index is 2.20. The third-order valence-electron chi connectivity index (χ3n) is 2.86. The molecule has 0 saturated heterocycles. The molecule has 1 heterocycles. The number of nitrogens with two attached hydrogens (primary N) is 1. The molecule has 3 N–H and O–H groups in total. The summed E-state index contributed by atoms with van der Waals surface area (Å²) in [6, 6.07) is 4.96. The minimum absolute atomic E-state index is 0.175. The SMILES string of the molecule is COc1cccc(N)c1C(=O)NC(C)c1nc(C)cs1. The molecule has 0 radical (unpaired) electrons. The molecule has 5 nitrogen and oxygen atoms in total. The average Bonchev–Trinajstić information content (AvgIpc) is 2.84. The van der Waals surface area contributed by atoms with Crippen LogP contribution < -0.4 is 15.8 Å². The topological polar surface area (TPSA) is 77.2 Å². The van der Waals surface area contributed by atoms with Gasteiger partial charge in [0.05, 0.1) is 13.2 Å². The van der Waals surface area contributed by atoms with Crippen LogP contribution in [0.2, 0.25) is 0 Å². The van der Waals surface area contributed by atoms with E-state index < -0.39 is 0 Å². The van der Waals surface area contributed by atoms with Crippen molar-refractivity contribution >= 4 is 22.9 Å². The van der Waals surface area contributed by atoms with Crippen molar-refractivity contribution in [3.8, 4) is 5.75 Å². The molecule has 1 unspecified atom stereocenters. The lowest BCUT2D eigenvalue weighted by molar-refractivity contribution is 0.0937. The van der Waals surface area contributed by atoms with Crippen molar-refractivity contribution in [3.63, 3.8) is 0 Å². The molecule has 0 saturated carbocycles. The van der Waals surface area contributed by atoms with E-state index in [9.17, 15) is 4.79 Å². The predicted molar refractivity (Wildman–Crippen MR) is 80.1 cm³/mol. The Hall–Kier alpha value is -2.08. The van der Waals surface area contributed by atoms with E-state index in [0.717, 1.165) is 10.7 Å². The maximum atomic E-state index is 12.3. The molecule has 1 aromatic carbocycles. The van der Waals surface area contributed by atoms with Gasteiger partial charge in [-0.25, -0.2) is 4.98 Å². The Bertz CT molecular complexity index is 625. The highest BCUT2D eigenvalue weighted by Crippen LogP contribution is 2.25. The number of aromatic nitrogens is 1. The quantitative estimate of drug-likeness (QED) is 0.849. The van der Waals surface area contributed by atoms with Gasteiger partial charge in [0.2, 0.25) is 0 Å². The van der Waals surface area contributed by atoms with Crippen molar-refractivity contribution in [1.29, 1.82) is 0 Å². The highest BCUT2D eigenvalue weighted by molar-refractivity contribution is 7.09. The molecule has 6 heteroatoms. The smallest absolute Gasteiger partial charge is 0.257 e. The van der Waals surface area contributed by atoms with Gasteiger partial charge in [0.1, 0.15) is 16.3 Å². The molecular formula is C14H17N3O2S. The van der Waals surface area contributed by atoms with Crippen LogP contribution in [-0.4, -0.2) is 18.0 Å². The van der Waals surface area contributed by atoms with Gasteiger partial charge in [-0.3, -0.25) is 4.79 Å². The monoisotopic (exact) mass is 291 g/mol. The van der Waals surface area contributed by atoms with Crippen molar-refractivity contribution in [2.75, 3.05) is 12.8 Å². The highest BCUT2D eigenvalue weighted by Gasteiger charge is 2.19. The summed E-state index contributed by atoms with van der Waals surface area (Å²) in [6.07, 6.45) is 0. The van der Waals surface area contributed by atoms with Crippen LogP contribution in [-0.2, 0) is 0 Å². The molecule has 1 atom stereocenters. The summed E-state index contributed by atoms with van der Waals surface area (Å²) < 4.78 is 5.18. The Labute approximate surface area is 121 Å². The number of nitrogens with one attached hydrogen (secondary N) is 1. The van der Waals surface area contributed by atoms with E-state index in [1.807, 2.05) is 19.2 Å². The maximum absolute atomic E-state index is 12.3. The molecular weight excluding hydrogens is 274 g/mol. The summed E-state index contributed by atoms with van der Waals surface area (Å²) in [4.78, 5) is 16.7. The highest BCUT2D eigenvalue weighted by atomic mass is 32.1. The average molecular weight is 291 g/mol. The molecule has 0 aliphatic rings. The van der Waals surface area contributed by atoms with E-state index in [1.54, 1.807) is 18.2 Å². The zero-order valence-corrected chi connectivity index (χ0v) is 12.5. The van der Waals surface area contributed by atoms with E-state index in [4.69, 9.17) is 10.5 Å². The number of nitrogen functional groups attached to an aromatic ring is 1. The van der Waals surface area contributed by atoms with Gasteiger partial charge in [-0.15, -0.1) is 11.3 Å². The van der Waals surface area contributed by atoms with Crippen LogP contribution in [0, 0.1) is 6.92 Å². The second-order valence-corrected chi connectivity index (χ2v) is 5.34. The number of benzene rings is 1. The largest absolute Gasteiger partial charge is 0.496 e. The number of amides is 1. The molecule has 0 bridgehead atoms. The van der Waals surface area contributed by atoms with Crippen LogP contribution in [0.15, 0.2) is 23.6 Å². The normalized spacial score (nSPS) is 11.9. The maximum Gasteiger partial charge on any atom is 0.257 e. The van der Waals surface area contributed by atoms with Crippen molar-refractivity contribution < 1.29 is 9.53 Å². The summed E-state index contributed by atoms with van der Waals surface area (Å²) in [5, 5.41) is 5.71. The number of hydrogen-bond donors (Lipinski definition) is 2. The first-order valence-electron chi connectivity index (χ1n) is 6.18. The van der Waals surface area contributed by atoms with Crippen molar-refractivity contribution in [2.45, 2.75) is 19.9 Å². The van der Waals surface area contributed by atoms with Gasteiger partial charge in [0, 0.05) is 16.8 Å². The Kier molecular flexibility index (Phi) is 4.24. The van der Waals surface area contributed by atoms with Crippen LogP contribution in [0.4, 0.5) is 5.69 Å². The number of thiazole rings is 1. The zero-order chi connectivity index (χ0) is 14.7. The Morgan fingerprint density at radius 3 is 2.85 bits per heavy atom. The van der Waals surface area contributed by atoms with E-state index in [2.05, 4.69) is 10.3 Å². The number of aryl methyl sites for hydroxylation is 1. The van der Waals surface area contributed by atoms with Gasteiger partial charge in [0.15, 0.2) is 0 Å². The molecule has 2 rings (SSSR count). The number of rotatable bonds is 4. The molecule has 0 fully saturated rings. The standard InChI is InChI=1S/C14H17N3O2S/c1-8-7-20-14(16-8)9(2)17-13(18)12-10(15)5-4-6-11(12)19-3/h4-7,9H,15H2,1-3H3,(H,17,18). The van der Waals surface area contributed by atoms with Crippen LogP contribution >= 0.6 is 11.3 Å². The van der Waals surface area contributed by atoms with Gasteiger partial charge >= 0.3 is 0 Å². The first kappa shape index (κ1) is 14.3. The van der Waals surface area contributed by atoms with Crippen LogP contribution in [0.25, 0.3) is 0 Å². The first-order valence-corrected chi connectivity index (χ1v) is 7.06. The molecule has 2 aromatic rings. The Morgan fingerprint density at radius 1 is 1.50 bits per heavy atom. The summed E-state index contributed by atoms with van der Waals surface area (Å²) in [5.74, 6) is 0.199.